The lowest BCUT2D eigenvalue weighted by Crippen LogP contribution is -2.29. The number of nitrogens with zero attached hydrogens (tertiary/aromatic N) is 1. The second-order valence-electron chi connectivity index (χ2n) is 6.31. The molecule has 154 valence electrons. The summed E-state index contributed by atoms with van der Waals surface area (Å²) in [5.74, 6) is -6.03. The van der Waals surface area contributed by atoms with Crippen molar-refractivity contribution in [3.63, 3.8) is 0 Å². The van der Waals surface area contributed by atoms with Crippen LogP contribution in [0.3, 0.4) is 0 Å². The summed E-state index contributed by atoms with van der Waals surface area (Å²) < 4.78 is 32.7. The van der Waals surface area contributed by atoms with Gasteiger partial charge in [0.05, 0.1) is 0 Å². The lowest BCUT2D eigenvalue weighted by molar-refractivity contribution is -0.175. The molecule has 0 bridgehead atoms. The van der Waals surface area contributed by atoms with Gasteiger partial charge in [-0.1, -0.05) is 29.9 Å². The summed E-state index contributed by atoms with van der Waals surface area (Å²) in [6.07, 6.45) is 6.55. The zero-order chi connectivity index (χ0) is 21.2. The number of benzene rings is 1. The van der Waals surface area contributed by atoms with Crippen molar-refractivity contribution in [1.29, 1.82) is 0 Å². The van der Waals surface area contributed by atoms with Crippen LogP contribution in [0.15, 0.2) is 47.8 Å². The highest BCUT2D eigenvalue weighted by Gasteiger charge is 2.43. The molecule has 1 atom stereocenters. The molecule has 0 saturated heterocycles. The molecular formula is C20H25F2NO5. The molecule has 1 aliphatic rings. The van der Waals surface area contributed by atoms with Crippen molar-refractivity contribution in [1.82, 2.24) is 0 Å². The number of hydrogen-bond acceptors (Lipinski definition) is 6. The lowest BCUT2D eigenvalue weighted by atomic mass is 9.85. The van der Waals surface area contributed by atoms with Gasteiger partial charge in [0.15, 0.2) is 11.9 Å². The standard InChI is InChI=1S/C17H19F2NO5.C3H6/c1-11-3-2-4-12(9-11)14-6-5-13(10-15(14)21)17(18,19)16(22)24-7-8-25-20-23;1-3-2/h5-6,9-10,12,21H,2-4,7-8H2,1H3;3H,1H2,2H3. The predicted molar refractivity (Wildman–Crippen MR) is 101 cm³/mol. The van der Waals surface area contributed by atoms with Gasteiger partial charge in [-0.3, -0.25) is 0 Å². The number of hydrogen-bond donors (Lipinski definition) is 1. The summed E-state index contributed by atoms with van der Waals surface area (Å²) in [6.45, 7) is 6.30. The third kappa shape index (κ3) is 6.44. The van der Waals surface area contributed by atoms with Crippen LogP contribution in [-0.2, 0) is 20.3 Å². The van der Waals surface area contributed by atoms with Gasteiger partial charge in [-0.2, -0.15) is 8.78 Å². The van der Waals surface area contributed by atoms with E-state index in [1.54, 1.807) is 6.08 Å². The van der Waals surface area contributed by atoms with Gasteiger partial charge in [0, 0.05) is 17.0 Å². The molecule has 2 rings (SSSR count). The number of phenolic OH excluding ortho intramolecular Hbond substituents is 1. The van der Waals surface area contributed by atoms with Crippen molar-refractivity contribution in [2.45, 2.75) is 45.0 Å². The first-order valence-electron chi connectivity index (χ1n) is 8.85. The molecule has 0 radical (unpaired) electrons. The van der Waals surface area contributed by atoms with Crippen LogP contribution in [0, 0.1) is 4.91 Å². The molecule has 0 heterocycles. The topological polar surface area (TPSA) is 85.2 Å². The minimum Gasteiger partial charge on any atom is -0.508 e. The Morgan fingerprint density at radius 3 is 2.68 bits per heavy atom. The molecule has 1 aromatic carbocycles. The number of carbonyl (C=O) groups excluding carboxylic acids is 1. The largest absolute Gasteiger partial charge is 0.508 e. The van der Waals surface area contributed by atoms with Gasteiger partial charge in [0.1, 0.15) is 12.4 Å². The van der Waals surface area contributed by atoms with Crippen LogP contribution in [0.5, 0.6) is 5.75 Å². The van der Waals surface area contributed by atoms with E-state index in [1.165, 1.54) is 11.6 Å². The number of aromatic hydroxyl groups is 1. The average molecular weight is 397 g/mol. The van der Waals surface area contributed by atoms with Gasteiger partial charge < -0.3 is 14.7 Å². The Bertz CT molecular complexity index is 719. The highest BCUT2D eigenvalue weighted by Crippen LogP contribution is 2.39. The van der Waals surface area contributed by atoms with Crippen molar-refractivity contribution >= 4 is 5.97 Å². The molecule has 0 amide bonds. The molecule has 0 fully saturated rings. The van der Waals surface area contributed by atoms with Crippen LogP contribution in [0.4, 0.5) is 8.78 Å². The summed E-state index contributed by atoms with van der Waals surface area (Å²) >= 11 is 0. The van der Waals surface area contributed by atoms with Gasteiger partial charge in [-0.15, -0.1) is 11.5 Å². The Labute approximate surface area is 162 Å². The van der Waals surface area contributed by atoms with Crippen LogP contribution < -0.4 is 0 Å². The lowest BCUT2D eigenvalue weighted by Gasteiger charge is -2.22. The molecule has 0 spiro atoms. The number of phenols is 1. The Kier molecular flexibility index (Phi) is 9.27. The Balaban J connectivity index is 0.00000122. The summed E-state index contributed by atoms with van der Waals surface area (Å²) in [4.78, 5) is 25.3. The van der Waals surface area contributed by atoms with Gasteiger partial charge >= 0.3 is 11.9 Å². The molecule has 1 aromatic rings. The Hall–Kier alpha value is -2.77. The third-order valence-corrected chi connectivity index (χ3v) is 4.08. The average Bonchev–Trinajstić information content (AvgIpc) is 2.65. The highest BCUT2D eigenvalue weighted by molar-refractivity contribution is 5.79. The molecule has 0 saturated carbocycles. The monoisotopic (exact) mass is 397 g/mol. The normalized spacial score (nSPS) is 16.1. The first kappa shape index (κ1) is 23.3. The molecule has 28 heavy (non-hydrogen) atoms. The van der Waals surface area contributed by atoms with Gasteiger partial charge in [0.25, 0.3) is 0 Å². The fraction of sp³-hybridized carbons (Fsp3) is 0.450. The number of allylic oxidation sites excluding steroid dienone is 3. The van der Waals surface area contributed by atoms with E-state index < -0.39 is 30.7 Å². The summed E-state index contributed by atoms with van der Waals surface area (Å²) in [7, 11) is 0. The molecule has 0 aliphatic heterocycles. The fourth-order valence-corrected chi connectivity index (χ4v) is 2.83. The van der Waals surface area contributed by atoms with Crippen LogP contribution in [-0.4, -0.2) is 24.3 Å². The minimum atomic E-state index is -3.93. The number of esters is 1. The van der Waals surface area contributed by atoms with E-state index in [2.05, 4.69) is 21.5 Å². The van der Waals surface area contributed by atoms with E-state index in [-0.39, 0.29) is 11.7 Å². The van der Waals surface area contributed by atoms with Gasteiger partial charge in [-0.05, 0) is 39.2 Å². The Morgan fingerprint density at radius 1 is 1.43 bits per heavy atom. The first-order valence-corrected chi connectivity index (χ1v) is 8.85. The molecule has 8 heteroatoms. The van der Waals surface area contributed by atoms with E-state index in [0.717, 1.165) is 31.4 Å². The summed E-state index contributed by atoms with van der Waals surface area (Å²) in [6, 6.07) is 3.40. The second-order valence-corrected chi connectivity index (χ2v) is 6.31. The predicted octanol–water partition coefficient (Wildman–Crippen LogP) is 5.13. The highest BCUT2D eigenvalue weighted by atomic mass is 19.3. The Morgan fingerprint density at radius 2 is 2.11 bits per heavy atom. The fourth-order valence-electron chi connectivity index (χ4n) is 2.83. The molecule has 1 aliphatic carbocycles. The first-order chi connectivity index (χ1) is 13.3. The maximum Gasteiger partial charge on any atom is 0.382 e. The van der Waals surface area contributed by atoms with E-state index >= 15 is 0 Å². The molecular weight excluding hydrogens is 372 g/mol. The van der Waals surface area contributed by atoms with Crippen molar-refractivity contribution in [3.05, 3.63) is 58.5 Å². The van der Waals surface area contributed by atoms with Crippen LogP contribution in [0.1, 0.15) is 50.2 Å². The number of halogens is 2. The molecule has 0 aromatic heterocycles. The van der Waals surface area contributed by atoms with E-state index in [1.807, 2.05) is 19.9 Å². The molecule has 1 unspecified atom stereocenters. The second kappa shape index (κ2) is 11.2. The quantitative estimate of drug-likeness (QED) is 0.227. The maximum absolute atomic E-state index is 14.2. The zero-order valence-corrected chi connectivity index (χ0v) is 16.0. The van der Waals surface area contributed by atoms with E-state index in [9.17, 15) is 23.6 Å². The maximum atomic E-state index is 14.2. The minimum absolute atomic E-state index is 0.0311. The number of carbonyl (C=O) groups is 1. The van der Waals surface area contributed by atoms with E-state index in [4.69, 9.17) is 0 Å². The van der Waals surface area contributed by atoms with Crippen LogP contribution in [0.25, 0.3) is 0 Å². The number of alkyl halides is 2. The summed E-state index contributed by atoms with van der Waals surface area (Å²) in [5, 5.41) is 12.2. The molecule has 1 N–H and O–H groups in total. The number of ether oxygens (including phenoxy) is 1. The summed E-state index contributed by atoms with van der Waals surface area (Å²) in [5.41, 5.74) is 1.09. The third-order valence-electron chi connectivity index (χ3n) is 4.08. The van der Waals surface area contributed by atoms with Crippen molar-refractivity contribution < 1.29 is 28.3 Å². The van der Waals surface area contributed by atoms with Gasteiger partial charge in [0.2, 0.25) is 0 Å². The SMILES string of the molecule is C=CC.CC1=CC(c2ccc(C(F)(F)C(=O)OCCON=O)cc2O)CCC1. The van der Waals surface area contributed by atoms with Gasteiger partial charge in [-0.25, -0.2) is 4.79 Å². The molecule has 6 nitrogen and oxygen atoms in total. The van der Waals surface area contributed by atoms with Crippen LogP contribution in [0.2, 0.25) is 0 Å². The smallest absolute Gasteiger partial charge is 0.382 e. The van der Waals surface area contributed by atoms with Crippen molar-refractivity contribution in [2.75, 3.05) is 13.2 Å². The number of rotatable bonds is 7. The van der Waals surface area contributed by atoms with Crippen molar-refractivity contribution in [3.8, 4) is 5.75 Å². The zero-order valence-electron chi connectivity index (χ0n) is 16.0. The van der Waals surface area contributed by atoms with Crippen molar-refractivity contribution in [2.24, 2.45) is 5.34 Å². The van der Waals surface area contributed by atoms with Crippen LogP contribution >= 0.6 is 0 Å². The van der Waals surface area contributed by atoms with E-state index in [0.29, 0.717) is 5.56 Å².